The van der Waals surface area contributed by atoms with Crippen LogP contribution in [0.1, 0.15) is 58.3 Å². The Bertz CT molecular complexity index is 380. The lowest BCUT2D eigenvalue weighted by atomic mass is 9.49. The van der Waals surface area contributed by atoms with Crippen molar-refractivity contribution in [1.29, 1.82) is 0 Å². The molecule has 0 N–H and O–H groups in total. The summed E-state index contributed by atoms with van der Waals surface area (Å²) in [4.78, 5) is 22.8. The van der Waals surface area contributed by atoms with E-state index in [4.69, 9.17) is 9.47 Å². The van der Waals surface area contributed by atoms with Crippen LogP contribution in [0.15, 0.2) is 0 Å². The second-order valence-corrected chi connectivity index (χ2v) is 7.37. The second kappa shape index (κ2) is 5.98. The molecule has 4 heteroatoms. The first-order valence-electron chi connectivity index (χ1n) is 8.40. The van der Waals surface area contributed by atoms with Crippen molar-refractivity contribution in [2.45, 2.75) is 58.3 Å². The summed E-state index contributed by atoms with van der Waals surface area (Å²) in [6, 6.07) is 0. The highest BCUT2D eigenvalue weighted by atomic mass is 16.6. The van der Waals surface area contributed by atoms with E-state index in [1.165, 1.54) is 38.5 Å². The third kappa shape index (κ3) is 3.41. The van der Waals surface area contributed by atoms with E-state index in [1.54, 1.807) is 6.92 Å². The molecule has 4 saturated carbocycles. The zero-order valence-electron chi connectivity index (χ0n) is 12.9. The van der Waals surface area contributed by atoms with Gasteiger partial charge in [0.1, 0.15) is 6.42 Å². The number of ether oxygens (including phenoxy) is 2. The minimum absolute atomic E-state index is 0.255. The van der Waals surface area contributed by atoms with Crippen LogP contribution in [-0.2, 0) is 19.1 Å². The molecule has 0 amide bonds. The summed E-state index contributed by atoms with van der Waals surface area (Å²) in [5.74, 6) is 1.83. The Hall–Kier alpha value is -1.06. The molecule has 0 spiro atoms. The highest BCUT2D eigenvalue weighted by Crippen LogP contribution is 2.61. The molecule has 0 saturated heterocycles. The van der Waals surface area contributed by atoms with Crippen LogP contribution in [-0.4, -0.2) is 25.2 Å². The molecule has 0 aromatic carbocycles. The van der Waals surface area contributed by atoms with Gasteiger partial charge in [-0.25, -0.2) is 0 Å². The van der Waals surface area contributed by atoms with Crippen LogP contribution in [0.25, 0.3) is 0 Å². The Labute approximate surface area is 126 Å². The number of carbonyl (C=O) groups excluding carboxylic acids is 2. The summed E-state index contributed by atoms with van der Waals surface area (Å²) in [7, 11) is 0. The molecule has 21 heavy (non-hydrogen) atoms. The third-order valence-electron chi connectivity index (χ3n) is 5.65. The van der Waals surface area contributed by atoms with Crippen LogP contribution in [0.4, 0.5) is 0 Å². The van der Waals surface area contributed by atoms with E-state index in [1.807, 2.05) is 0 Å². The first-order valence-corrected chi connectivity index (χ1v) is 8.40. The molecule has 4 aliphatic rings. The zero-order chi connectivity index (χ0) is 14.9. The van der Waals surface area contributed by atoms with Crippen LogP contribution in [0.2, 0.25) is 0 Å². The summed E-state index contributed by atoms with van der Waals surface area (Å²) < 4.78 is 10.0. The molecule has 0 heterocycles. The Morgan fingerprint density at radius 3 is 2.00 bits per heavy atom. The molecule has 118 valence electrons. The van der Waals surface area contributed by atoms with Gasteiger partial charge < -0.3 is 9.47 Å². The highest BCUT2D eigenvalue weighted by Gasteiger charge is 2.50. The van der Waals surface area contributed by atoms with E-state index in [0.717, 1.165) is 24.2 Å². The predicted molar refractivity (Wildman–Crippen MR) is 77.4 cm³/mol. The number of carbonyl (C=O) groups is 2. The second-order valence-electron chi connectivity index (χ2n) is 7.37. The molecule has 4 aliphatic carbocycles. The fourth-order valence-electron chi connectivity index (χ4n) is 5.36. The molecule has 0 atom stereocenters. The van der Waals surface area contributed by atoms with Crippen LogP contribution >= 0.6 is 0 Å². The molecular formula is C17H26O4. The Morgan fingerprint density at radius 1 is 0.952 bits per heavy atom. The van der Waals surface area contributed by atoms with E-state index in [0.29, 0.717) is 18.6 Å². The molecule has 4 nitrogen and oxygen atoms in total. The molecule has 0 aromatic heterocycles. The molecule has 4 bridgehead atoms. The topological polar surface area (TPSA) is 52.6 Å². The van der Waals surface area contributed by atoms with E-state index in [-0.39, 0.29) is 6.42 Å². The molecule has 0 unspecified atom stereocenters. The van der Waals surface area contributed by atoms with Crippen molar-refractivity contribution in [3.8, 4) is 0 Å². The van der Waals surface area contributed by atoms with Crippen molar-refractivity contribution < 1.29 is 19.1 Å². The van der Waals surface area contributed by atoms with Gasteiger partial charge in [-0.3, -0.25) is 9.59 Å². The SMILES string of the molecule is CCOC(=O)CC(=O)OCCC12CC3CC(CC(C3)C1)C2. The van der Waals surface area contributed by atoms with Gasteiger partial charge >= 0.3 is 11.9 Å². The number of rotatable bonds is 6. The van der Waals surface area contributed by atoms with Gasteiger partial charge in [-0.1, -0.05) is 0 Å². The fourth-order valence-corrected chi connectivity index (χ4v) is 5.36. The summed E-state index contributed by atoms with van der Waals surface area (Å²) in [5.41, 5.74) is 0.430. The van der Waals surface area contributed by atoms with Crippen LogP contribution in [0, 0.1) is 23.2 Å². The smallest absolute Gasteiger partial charge is 0.317 e. The first kappa shape index (κ1) is 14.9. The number of hydrogen-bond donors (Lipinski definition) is 0. The maximum atomic E-state index is 11.6. The Balaban J connectivity index is 1.43. The quantitative estimate of drug-likeness (QED) is 0.558. The van der Waals surface area contributed by atoms with Crippen molar-refractivity contribution in [3.05, 3.63) is 0 Å². The summed E-state index contributed by atoms with van der Waals surface area (Å²) in [5, 5.41) is 0. The van der Waals surface area contributed by atoms with Gasteiger partial charge in [-0.2, -0.15) is 0 Å². The summed E-state index contributed by atoms with van der Waals surface area (Å²) in [6.45, 7) is 2.50. The van der Waals surface area contributed by atoms with Gasteiger partial charge in [0.2, 0.25) is 0 Å². The van der Waals surface area contributed by atoms with Crippen LogP contribution in [0.5, 0.6) is 0 Å². The standard InChI is InChI=1S/C17H26O4/c1-2-20-15(18)8-16(19)21-4-3-17-9-12-5-13(10-17)7-14(6-12)11-17/h12-14H,2-11H2,1H3. The number of hydrogen-bond acceptors (Lipinski definition) is 4. The summed E-state index contributed by atoms with van der Waals surface area (Å²) >= 11 is 0. The van der Waals surface area contributed by atoms with Crippen molar-refractivity contribution in [2.75, 3.05) is 13.2 Å². The first-order chi connectivity index (χ1) is 10.1. The van der Waals surface area contributed by atoms with Crippen molar-refractivity contribution in [1.82, 2.24) is 0 Å². The average molecular weight is 294 g/mol. The number of esters is 2. The molecule has 0 aromatic rings. The van der Waals surface area contributed by atoms with Gasteiger partial charge in [0.25, 0.3) is 0 Å². The molecule has 0 aliphatic heterocycles. The molecule has 4 rings (SSSR count). The van der Waals surface area contributed by atoms with E-state index in [9.17, 15) is 9.59 Å². The van der Waals surface area contributed by atoms with Crippen LogP contribution in [0.3, 0.4) is 0 Å². The minimum Gasteiger partial charge on any atom is -0.466 e. The lowest BCUT2D eigenvalue weighted by Crippen LogP contribution is -2.46. The van der Waals surface area contributed by atoms with Crippen molar-refractivity contribution >= 4 is 11.9 Å². The van der Waals surface area contributed by atoms with Gasteiger partial charge in [-0.15, -0.1) is 0 Å². The lowest BCUT2D eigenvalue weighted by molar-refractivity contribution is -0.155. The van der Waals surface area contributed by atoms with E-state index >= 15 is 0 Å². The molecule has 4 fully saturated rings. The monoisotopic (exact) mass is 294 g/mol. The Kier molecular flexibility index (Phi) is 4.23. The van der Waals surface area contributed by atoms with Gasteiger partial charge in [0.05, 0.1) is 13.2 Å². The lowest BCUT2D eigenvalue weighted by Gasteiger charge is -2.57. The van der Waals surface area contributed by atoms with Gasteiger partial charge in [0, 0.05) is 0 Å². The largest absolute Gasteiger partial charge is 0.466 e. The fraction of sp³-hybridized carbons (Fsp3) is 0.882. The Morgan fingerprint density at radius 2 is 1.48 bits per heavy atom. The third-order valence-corrected chi connectivity index (χ3v) is 5.65. The normalized spacial score (nSPS) is 36.5. The summed E-state index contributed by atoms with van der Waals surface area (Å²) in [6.07, 6.45) is 9.00. The van der Waals surface area contributed by atoms with E-state index in [2.05, 4.69) is 0 Å². The van der Waals surface area contributed by atoms with Crippen molar-refractivity contribution in [2.24, 2.45) is 23.2 Å². The van der Waals surface area contributed by atoms with E-state index < -0.39 is 11.9 Å². The highest BCUT2D eigenvalue weighted by molar-refractivity contribution is 5.91. The zero-order valence-corrected chi connectivity index (χ0v) is 12.9. The van der Waals surface area contributed by atoms with Crippen molar-refractivity contribution in [3.63, 3.8) is 0 Å². The minimum atomic E-state index is -0.489. The average Bonchev–Trinajstić information content (AvgIpc) is 2.36. The maximum Gasteiger partial charge on any atom is 0.317 e. The maximum absolute atomic E-state index is 11.6. The molecule has 0 radical (unpaired) electrons. The van der Waals surface area contributed by atoms with Gasteiger partial charge in [0.15, 0.2) is 0 Å². The van der Waals surface area contributed by atoms with Gasteiger partial charge in [-0.05, 0) is 75.0 Å². The van der Waals surface area contributed by atoms with Crippen LogP contribution < -0.4 is 0 Å². The predicted octanol–water partition coefficient (Wildman–Crippen LogP) is 3.09. The molecular weight excluding hydrogens is 268 g/mol.